The van der Waals surface area contributed by atoms with Gasteiger partial charge in [-0.05, 0) is 31.9 Å². The van der Waals surface area contributed by atoms with E-state index in [0.717, 1.165) is 18.5 Å². The van der Waals surface area contributed by atoms with Gasteiger partial charge in [0.05, 0.1) is 23.6 Å². The second-order valence-corrected chi connectivity index (χ2v) is 5.68. The summed E-state index contributed by atoms with van der Waals surface area (Å²) in [5, 5.41) is 7.12. The highest BCUT2D eigenvalue weighted by Gasteiger charge is 2.23. The topological polar surface area (TPSA) is 78.3 Å². The number of aryl methyl sites for hydroxylation is 1. The van der Waals surface area contributed by atoms with E-state index < -0.39 is 6.61 Å². The first-order valence-corrected chi connectivity index (χ1v) is 7.89. The molecule has 134 valence electrons. The van der Waals surface area contributed by atoms with Gasteiger partial charge in [0.2, 0.25) is 5.88 Å². The normalized spacial score (nSPS) is 15.4. The molecule has 0 atom stereocenters. The molecule has 7 nitrogen and oxygen atoms in total. The van der Waals surface area contributed by atoms with Crippen LogP contribution in [0.15, 0.2) is 24.4 Å². The largest absolute Gasteiger partial charge is 0.417 e. The van der Waals surface area contributed by atoms with E-state index in [-0.39, 0.29) is 17.8 Å². The Kier molecular flexibility index (Phi) is 5.22. The van der Waals surface area contributed by atoms with Gasteiger partial charge in [-0.25, -0.2) is 4.98 Å². The molecular weight excluding hydrogens is 334 g/mol. The van der Waals surface area contributed by atoms with Crippen LogP contribution < -0.4 is 10.1 Å². The predicted octanol–water partition coefficient (Wildman–Crippen LogP) is 2.79. The van der Waals surface area contributed by atoms with Crippen LogP contribution in [0.1, 0.15) is 35.1 Å². The molecule has 0 spiro atoms. The van der Waals surface area contributed by atoms with Crippen molar-refractivity contribution in [2.24, 2.45) is 0 Å². The van der Waals surface area contributed by atoms with Gasteiger partial charge >= 0.3 is 6.61 Å². The fourth-order valence-electron chi connectivity index (χ4n) is 2.70. The number of ether oxygens (including phenoxy) is 2. The lowest BCUT2D eigenvalue weighted by Crippen LogP contribution is -2.25. The molecule has 9 heteroatoms. The van der Waals surface area contributed by atoms with Crippen molar-refractivity contribution in [2.75, 3.05) is 18.5 Å². The molecule has 1 saturated heterocycles. The number of alkyl halides is 2. The van der Waals surface area contributed by atoms with Crippen molar-refractivity contribution < 1.29 is 23.0 Å². The second-order valence-electron chi connectivity index (χ2n) is 5.68. The molecule has 0 aliphatic carbocycles. The van der Waals surface area contributed by atoms with Crippen molar-refractivity contribution in [2.45, 2.75) is 32.4 Å². The number of aromatic nitrogens is 3. The standard InChI is InChI=1S/C16H18F2N4O3/c1-10-8-13(22(21-10)12-4-6-24-7-5-12)15(23)20-11-2-3-14(19-9-11)25-16(17)18/h2-3,8-9,12,16H,4-7H2,1H3,(H,20,23). The number of rotatable bonds is 5. The zero-order valence-corrected chi connectivity index (χ0v) is 13.6. The fraction of sp³-hybridized carbons (Fsp3) is 0.438. The summed E-state index contributed by atoms with van der Waals surface area (Å²) in [5.74, 6) is -0.549. The van der Waals surface area contributed by atoms with E-state index >= 15 is 0 Å². The summed E-state index contributed by atoms with van der Waals surface area (Å²) >= 11 is 0. The Balaban J connectivity index is 1.72. The molecule has 0 bridgehead atoms. The number of carbonyl (C=O) groups is 1. The van der Waals surface area contributed by atoms with E-state index in [1.54, 1.807) is 10.7 Å². The van der Waals surface area contributed by atoms with Crippen LogP contribution in [0, 0.1) is 6.92 Å². The Labute approximate surface area is 142 Å². The van der Waals surface area contributed by atoms with E-state index in [0.29, 0.717) is 24.6 Å². The molecule has 2 aromatic rings. The van der Waals surface area contributed by atoms with Crippen LogP contribution in [-0.4, -0.2) is 40.5 Å². The summed E-state index contributed by atoms with van der Waals surface area (Å²) in [6.45, 7) is 0.162. The molecule has 0 unspecified atom stereocenters. The van der Waals surface area contributed by atoms with E-state index in [2.05, 4.69) is 20.1 Å². The molecule has 25 heavy (non-hydrogen) atoms. The van der Waals surface area contributed by atoms with Gasteiger partial charge in [0.15, 0.2) is 0 Å². The van der Waals surface area contributed by atoms with Crippen LogP contribution in [0.2, 0.25) is 0 Å². The molecule has 3 rings (SSSR count). The van der Waals surface area contributed by atoms with E-state index in [9.17, 15) is 13.6 Å². The molecular formula is C16H18F2N4O3. The first kappa shape index (κ1) is 17.3. The highest BCUT2D eigenvalue weighted by atomic mass is 19.3. The summed E-state index contributed by atoms with van der Waals surface area (Å²) in [6.07, 6.45) is 2.85. The summed E-state index contributed by atoms with van der Waals surface area (Å²) in [7, 11) is 0. The molecule has 0 aromatic carbocycles. The average Bonchev–Trinajstić information content (AvgIpc) is 2.99. The lowest BCUT2D eigenvalue weighted by Gasteiger charge is -2.24. The first-order valence-electron chi connectivity index (χ1n) is 7.89. The van der Waals surface area contributed by atoms with Gasteiger partial charge in [0.25, 0.3) is 5.91 Å². The lowest BCUT2D eigenvalue weighted by atomic mass is 10.1. The maximum Gasteiger partial charge on any atom is 0.388 e. The number of halogens is 2. The van der Waals surface area contributed by atoms with Gasteiger partial charge in [0.1, 0.15) is 5.69 Å². The Hall–Kier alpha value is -2.55. The van der Waals surface area contributed by atoms with Crippen LogP contribution in [-0.2, 0) is 4.74 Å². The number of nitrogens with zero attached hydrogens (tertiary/aromatic N) is 3. The minimum absolute atomic E-state index is 0.114. The number of hydrogen-bond donors (Lipinski definition) is 1. The second kappa shape index (κ2) is 7.56. The molecule has 1 amide bonds. The van der Waals surface area contributed by atoms with E-state index in [4.69, 9.17) is 4.74 Å². The van der Waals surface area contributed by atoms with Crippen molar-refractivity contribution >= 4 is 11.6 Å². The molecule has 0 radical (unpaired) electrons. The number of hydrogen-bond acceptors (Lipinski definition) is 5. The van der Waals surface area contributed by atoms with Crippen molar-refractivity contribution in [3.8, 4) is 5.88 Å². The van der Waals surface area contributed by atoms with Crippen LogP contribution in [0.5, 0.6) is 5.88 Å². The third-order valence-corrected chi connectivity index (χ3v) is 3.83. The average molecular weight is 352 g/mol. The Bertz CT molecular complexity index is 727. The Morgan fingerprint density at radius 1 is 1.40 bits per heavy atom. The van der Waals surface area contributed by atoms with E-state index in [1.807, 2.05) is 6.92 Å². The van der Waals surface area contributed by atoms with Crippen LogP contribution in [0.3, 0.4) is 0 Å². The van der Waals surface area contributed by atoms with Crippen LogP contribution in [0.25, 0.3) is 0 Å². The SMILES string of the molecule is Cc1cc(C(=O)Nc2ccc(OC(F)F)nc2)n(C2CCOCC2)n1. The van der Waals surface area contributed by atoms with Crippen molar-refractivity contribution in [1.29, 1.82) is 0 Å². The molecule has 2 aromatic heterocycles. The van der Waals surface area contributed by atoms with Crippen LogP contribution in [0.4, 0.5) is 14.5 Å². The number of amides is 1. The third-order valence-electron chi connectivity index (χ3n) is 3.83. The summed E-state index contributed by atoms with van der Waals surface area (Å²) in [4.78, 5) is 16.3. The van der Waals surface area contributed by atoms with Crippen molar-refractivity contribution in [3.63, 3.8) is 0 Å². The number of anilines is 1. The summed E-state index contributed by atoms with van der Waals surface area (Å²) in [5.41, 5.74) is 1.57. The fourth-order valence-corrected chi connectivity index (χ4v) is 2.70. The lowest BCUT2D eigenvalue weighted by molar-refractivity contribution is -0.0528. The monoisotopic (exact) mass is 352 g/mol. The zero-order chi connectivity index (χ0) is 17.8. The smallest absolute Gasteiger partial charge is 0.388 e. The molecule has 1 N–H and O–H groups in total. The Morgan fingerprint density at radius 2 is 2.16 bits per heavy atom. The van der Waals surface area contributed by atoms with Crippen molar-refractivity contribution in [3.05, 3.63) is 35.8 Å². The molecule has 0 saturated carbocycles. The van der Waals surface area contributed by atoms with E-state index in [1.165, 1.54) is 18.3 Å². The molecule has 1 aliphatic rings. The predicted molar refractivity (Wildman–Crippen MR) is 84.9 cm³/mol. The number of pyridine rings is 1. The van der Waals surface area contributed by atoms with Gasteiger partial charge in [-0.2, -0.15) is 13.9 Å². The number of carbonyl (C=O) groups excluding carboxylic acids is 1. The number of nitrogens with one attached hydrogen (secondary N) is 1. The highest BCUT2D eigenvalue weighted by Crippen LogP contribution is 2.23. The van der Waals surface area contributed by atoms with Gasteiger partial charge < -0.3 is 14.8 Å². The minimum atomic E-state index is -2.94. The van der Waals surface area contributed by atoms with Crippen LogP contribution >= 0.6 is 0 Å². The first-order chi connectivity index (χ1) is 12.0. The summed E-state index contributed by atoms with van der Waals surface area (Å²) < 4.78 is 35.5. The quantitative estimate of drug-likeness (QED) is 0.895. The minimum Gasteiger partial charge on any atom is -0.417 e. The highest BCUT2D eigenvalue weighted by molar-refractivity contribution is 6.03. The van der Waals surface area contributed by atoms with Gasteiger partial charge in [-0.1, -0.05) is 0 Å². The van der Waals surface area contributed by atoms with Gasteiger partial charge in [-0.3, -0.25) is 9.48 Å². The van der Waals surface area contributed by atoms with Gasteiger partial charge in [-0.15, -0.1) is 0 Å². The van der Waals surface area contributed by atoms with Gasteiger partial charge in [0, 0.05) is 19.3 Å². The molecule has 1 aliphatic heterocycles. The maximum absolute atomic E-state index is 12.6. The van der Waals surface area contributed by atoms with Crippen molar-refractivity contribution in [1.82, 2.24) is 14.8 Å². The Morgan fingerprint density at radius 3 is 2.80 bits per heavy atom. The maximum atomic E-state index is 12.6. The summed E-state index contributed by atoms with van der Waals surface area (Å²) in [6, 6.07) is 4.54. The zero-order valence-electron chi connectivity index (χ0n) is 13.6. The third kappa shape index (κ3) is 4.30. The molecule has 1 fully saturated rings. The molecule has 3 heterocycles.